The van der Waals surface area contributed by atoms with E-state index < -0.39 is 28.4 Å². The number of hydrogen-bond acceptors (Lipinski definition) is 6. The van der Waals surface area contributed by atoms with Crippen molar-refractivity contribution >= 4 is 50.8 Å². The number of anilines is 2. The van der Waals surface area contributed by atoms with E-state index in [0.717, 1.165) is 10.4 Å². The predicted octanol–water partition coefficient (Wildman–Crippen LogP) is 2.73. The van der Waals surface area contributed by atoms with E-state index in [9.17, 15) is 22.8 Å². The Balaban J connectivity index is 2.18. The van der Waals surface area contributed by atoms with Gasteiger partial charge in [-0.05, 0) is 42.5 Å². The zero-order valence-electron chi connectivity index (χ0n) is 17.1. The van der Waals surface area contributed by atoms with Gasteiger partial charge in [0.25, 0.3) is 0 Å². The molecule has 2 N–H and O–H groups in total. The topological polar surface area (TPSA) is 122 Å². The Morgan fingerprint density at radius 2 is 1.61 bits per heavy atom. The van der Waals surface area contributed by atoms with Crippen molar-refractivity contribution in [3.05, 3.63) is 53.1 Å². The molecule has 0 aliphatic rings. The molecule has 31 heavy (non-hydrogen) atoms. The van der Waals surface area contributed by atoms with Gasteiger partial charge < -0.3 is 15.4 Å². The number of amides is 2. The Bertz CT molecular complexity index is 1090. The third kappa shape index (κ3) is 6.27. The maximum absolute atomic E-state index is 13.1. The molecule has 0 spiro atoms. The van der Waals surface area contributed by atoms with Crippen LogP contribution in [0.2, 0.25) is 5.02 Å². The molecule has 2 rings (SSSR count). The van der Waals surface area contributed by atoms with Gasteiger partial charge in [-0.15, -0.1) is 0 Å². The van der Waals surface area contributed by atoms with Crippen LogP contribution in [0.15, 0.2) is 47.4 Å². The SMILES string of the molecule is CCN(CC(=O)Nc1ccc(NC(C)=O)cc1)S(=O)(=O)c1cc(C(=O)OC)ccc1Cl. The number of methoxy groups -OCH3 is 1. The van der Waals surface area contributed by atoms with Crippen LogP contribution in [-0.2, 0) is 24.3 Å². The molecule has 0 radical (unpaired) electrons. The molecule has 0 heterocycles. The van der Waals surface area contributed by atoms with Crippen molar-refractivity contribution < 1.29 is 27.5 Å². The van der Waals surface area contributed by atoms with E-state index in [4.69, 9.17) is 11.6 Å². The quantitative estimate of drug-likeness (QED) is 0.575. The van der Waals surface area contributed by atoms with Crippen LogP contribution in [0.1, 0.15) is 24.2 Å². The average molecular weight is 468 g/mol. The number of rotatable bonds is 8. The van der Waals surface area contributed by atoms with Crippen molar-refractivity contribution in [2.24, 2.45) is 0 Å². The van der Waals surface area contributed by atoms with E-state index in [1.54, 1.807) is 31.2 Å². The van der Waals surface area contributed by atoms with Gasteiger partial charge in [-0.1, -0.05) is 18.5 Å². The van der Waals surface area contributed by atoms with Gasteiger partial charge in [0, 0.05) is 24.8 Å². The van der Waals surface area contributed by atoms with E-state index in [1.807, 2.05) is 0 Å². The second-order valence-corrected chi connectivity index (χ2v) is 8.69. The number of hydrogen-bond donors (Lipinski definition) is 2. The molecule has 0 atom stereocenters. The first-order valence-corrected chi connectivity index (χ1v) is 11.0. The number of halogens is 1. The minimum atomic E-state index is -4.17. The minimum Gasteiger partial charge on any atom is -0.465 e. The lowest BCUT2D eigenvalue weighted by Crippen LogP contribution is -2.38. The number of nitrogens with zero attached hydrogens (tertiary/aromatic N) is 1. The van der Waals surface area contributed by atoms with Gasteiger partial charge in [0.1, 0.15) is 4.90 Å². The molecule has 0 saturated heterocycles. The summed E-state index contributed by atoms with van der Waals surface area (Å²) in [7, 11) is -2.99. The molecule has 166 valence electrons. The van der Waals surface area contributed by atoms with Gasteiger partial charge in [-0.25, -0.2) is 13.2 Å². The summed E-state index contributed by atoms with van der Waals surface area (Å²) in [6.45, 7) is 2.48. The Labute approximate surface area is 185 Å². The van der Waals surface area contributed by atoms with Crippen LogP contribution in [-0.4, -0.2) is 50.7 Å². The van der Waals surface area contributed by atoms with Crippen LogP contribution < -0.4 is 10.6 Å². The van der Waals surface area contributed by atoms with Crippen LogP contribution in [0.3, 0.4) is 0 Å². The fraction of sp³-hybridized carbons (Fsp3) is 0.250. The monoisotopic (exact) mass is 467 g/mol. The Morgan fingerprint density at radius 3 is 2.13 bits per heavy atom. The zero-order chi connectivity index (χ0) is 23.2. The fourth-order valence-corrected chi connectivity index (χ4v) is 4.56. The van der Waals surface area contributed by atoms with E-state index in [1.165, 1.54) is 26.2 Å². The highest BCUT2D eigenvalue weighted by molar-refractivity contribution is 7.89. The van der Waals surface area contributed by atoms with Gasteiger partial charge in [0.2, 0.25) is 21.8 Å². The number of carbonyl (C=O) groups excluding carboxylic acids is 3. The summed E-state index contributed by atoms with van der Waals surface area (Å²) in [5.41, 5.74) is 1.01. The molecule has 2 aromatic rings. The van der Waals surface area contributed by atoms with Gasteiger partial charge >= 0.3 is 5.97 Å². The highest BCUT2D eigenvalue weighted by Crippen LogP contribution is 2.26. The van der Waals surface area contributed by atoms with Crippen molar-refractivity contribution in [1.29, 1.82) is 0 Å². The lowest BCUT2D eigenvalue weighted by molar-refractivity contribution is -0.116. The molecule has 0 bridgehead atoms. The lowest BCUT2D eigenvalue weighted by atomic mass is 10.2. The first-order valence-electron chi connectivity index (χ1n) is 9.14. The van der Waals surface area contributed by atoms with Crippen LogP contribution in [0.5, 0.6) is 0 Å². The van der Waals surface area contributed by atoms with Crippen molar-refractivity contribution in [1.82, 2.24) is 4.31 Å². The smallest absolute Gasteiger partial charge is 0.337 e. The average Bonchev–Trinajstić information content (AvgIpc) is 2.72. The Kier molecular flexibility index (Phi) is 8.14. The first-order chi connectivity index (χ1) is 14.6. The normalized spacial score (nSPS) is 11.1. The van der Waals surface area contributed by atoms with Gasteiger partial charge in [-0.3, -0.25) is 9.59 Å². The number of carbonyl (C=O) groups is 3. The largest absolute Gasteiger partial charge is 0.465 e. The lowest BCUT2D eigenvalue weighted by Gasteiger charge is -2.21. The predicted molar refractivity (Wildman–Crippen MR) is 117 cm³/mol. The number of ether oxygens (including phenoxy) is 1. The Morgan fingerprint density at radius 1 is 1.03 bits per heavy atom. The van der Waals surface area contributed by atoms with Gasteiger partial charge in [0.05, 0.1) is 24.2 Å². The molecule has 0 aliphatic heterocycles. The Hall–Kier alpha value is -2.95. The summed E-state index contributed by atoms with van der Waals surface area (Å²) in [4.78, 5) is 34.9. The molecule has 9 nitrogen and oxygen atoms in total. The summed E-state index contributed by atoms with van der Waals surface area (Å²) in [6.07, 6.45) is 0. The van der Waals surface area contributed by atoms with Crippen molar-refractivity contribution in [2.45, 2.75) is 18.7 Å². The number of likely N-dealkylation sites (N-methyl/N-ethyl adjacent to an activating group) is 1. The molecule has 0 unspecified atom stereocenters. The molecule has 2 amide bonds. The second-order valence-electron chi connectivity index (χ2n) is 6.37. The van der Waals surface area contributed by atoms with Crippen molar-refractivity contribution in [2.75, 3.05) is 30.8 Å². The van der Waals surface area contributed by atoms with Crippen molar-refractivity contribution in [3.63, 3.8) is 0 Å². The number of esters is 1. The van der Waals surface area contributed by atoms with E-state index in [0.29, 0.717) is 11.4 Å². The maximum Gasteiger partial charge on any atom is 0.337 e. The standard InChI is InChI=1S/C20H22ClN3O6S/c1-4-24(12-19(26)23-16-8-6-15(7-9-16)22-13(2)25)31(28,29)18-11-14(20(27)30-3)5-10-17(18)21/h5-11H,4,12H2,1-3H3,(H,22,25)(H,23,26). The van der Waals surface area contributed by atoms with Crippen LogP contribution in [0.4, 0.5) is 11.4 Å². The molecule has 0 fully saturated rings. The molecular formula is C20H22ClN3O6S. The summed E-state index contributed by atoms with van der Waals surface area (Å²) in [5, 5.41) is 5.12. The summed E-state index contributed by atoms with van der Waals surface area (Å²) >= 11 is 6.06. The number of benzene rings is 2. The molecule has 0 aliphatic carbocycles. The van der Waals surface area contributed by atoms with Gasteiger partial charge in [0.15, 0.2) is 0 Å². The maximum atomic E-state index is 13.1. The third-order valence-corrected chi connectivity index (χ3v) is 6.53. The van der Waals surface area contributed by atoms with Crippen LogP contribution in [0.25, 0.3) is 0 Å². The molecule has 11 heteroatoms. The zero-order valence-corrected chi connectivity index (χ0v) is 18.7. The highest BCUT2D eigenvalue weighted by atomic mass is 35.5. The third-order valence-electron chi connectivity index (χ3n) is 4.13. The second kappa shape index (κ2) is 10.4. The summed E-state index contributed by atoms with van der Waals surface area (Å²) < 4.78 is 31.7. The van der Waals surface area contributed by atoms with Crippen LogP contribution in [0, 0.1) is 0 Å². The fourth-order valence-electron chi connectivity index (χ4n) is 2.65. The summed E-state index contributed by atoms with van der Waals surface area (Å²) in [6, 6.07) is 10.1. The minimum absolute atomic E-state index is 0.00396. The molecular weight excluding hydrogens is 446 g/mol. The highest BCUT2D eigenvalue weighted by Gasteiger charge is 2.28. The molecule has 0 aromatic heterocycles. The molecule has 0 saturated carbocycles. The van der Waals surface area contributed by atoms with E-state index >= 15 is 0 Å². The first kappa shape index (κ1) is 24.3. The van der Waals surface area contributed by atoms with E-state index in [2.05, 4.69) is 15.4 Å². The van der Waals surface area contributed by atoms with Crippen molar-refractivity contribution in [3.8, 4) is 0 Å². The number of nitrogens with one attached hydrogen (secondary N) is 2. The number of sulfonamides is 1. The summed E-state index contributed by atoms with van der Waals surface area (Å²) in [5.74, 6) is -1.51. The van der Waals surface area contributed by atoms with E-state index in [-0.39, 0.29) is 27.9 Å². The van der Waals surface area contributed by atoms with Crippen LogP contribution >= 0.6 is 11.6 Å². The molecule has 2 aromatic carbocycles. The van der Waals surface area contributed by atoms with Gasteiger partial charge in [-0.2, -0.15) is 4.31 Å².